The average molecular weight is 301 g/mol. The fraction of sp³-hybridized carbons (Fsp3) is 0.176. The summed E-state index contributed by atoms with van der Waals surface area (Å²) in [6, 6.07) is 13.5. The Bertz CT molecular complexity index is 780. The van der Waals surface area contributed by atoms with Gasteiger partial charge >= 0.3 is 0 Å². The van der Waals surface area contributed by atoms with E-state index in [1.165, 1.54) is 0 Å². The summed E-state index contributed by atoms with van der Waals surface area (Å²) in [4.78, 5) is 0. The van der Waals surface area contributed by atoms with Gasteiger partial charge in [-0.3, -0.25) is 0 Å². The predicted octanol–water partition coefficient (Wildman–Crippen LogP) is 4.48. The lowest BCUT2D eigenvalue weighted by atomic mass is 10.1. The number of para-hydroxylation sites is 2. The van der Waals surface area contributed by atoms with Crippen LogP contribution in [0.25, 0.3) is 10.9 Å². The number of nitrogens with zero attached hydrogens (tertiary/aromatic N) is 1. The van der Waals surface area contributed by atoms with Crippen LogP contribution >= 0.6 is 11.6 Å². The van der Waals surface area contributed by atoms with Crippen LogP contribution in [0.5, 0.6) is 5.75 Å². The van der Waals surface area contributed by atoms with Crippen molar-refractivity contribution < 1.29 is 4.74 Å². The van der Waals surface area contributed by atoms with Crippen LogP contribution in [0.4, 0.5) is 5.69 Å². The Balaban J connectivity index is 1.95. The number of benzene rings is 2. The molecule has 0 bridgehead atoms. The molecule has 0 atom stereocenters. The minimum Gasteiger partial charge on any atom is -0.487 e. The van der Waals surface area contributed by atoms with Crippen molar-refractivity contribution >= 4 is 28.2 Å². The number of halogens is 1. The summed E-state index contributed by atoms with van der Waals surface area (Å²) in [7, 11) is 0. The predicted molar refractivity (Wildman–Crippen MR) is 87.8 cm³/mol. The zero-order chi connectivity index (χ0) is 14.8. The van der Waals surface area contributed by atoms with Crippen LogP contribution in [-0.4, -0.2) is 4.57 Å². The van der Waals surface area contributed by atoms with Crippen LogP contribution in [0.1, 0.15) is 12.5 Å². The summed E-state index contributed by atoms with van der Waals surface area (Å²) < 4.78 is 7.99. The molecule has 3 rings (SSSR count). The second-order valence-electron chi connectivity index (χ2n) is 4.90. The summed E-state index contributed by atoms with van der Waals surface area (Å²) >= 11 is 6.12. The Kier molecular flexibility index (Phi) is 3.76. The van der Waals surface area contributed by atoms with E-state index in [-0.39, 0.29) is 0 Å². The van der Waals surface area contributed by atoms with Gasteiger partial charge < -0.3 is 15.0 Å². The van der Waals surface area contributed by atoms with Gasteiger partial charge in [0.25, 0.3) is 0 Å². The molecule has 21 heavy (non-hydrogen) atoms. The quantitative estimate of drug-likeness (QED) is 0.722. The first-order valence-corrected chi connectivity index (χ1v) is 7.32. The van der Waals surface area contributed by atoms with Crippen molar-refractivity contribution in [2.45, 2.75) is 20.1 Å². The first-order valence-electron chi connectivity index (χ1n) is 6.94. The highest BCUT2D eigenvalue weighted by Gasteiger charge is 2.11. The van der Waals surface area contributed by atoms with E-state index in [4.69, 9.17) is 22.1 Å². The SMILES string of the molecule is CCn1cc(COc2ccccc2Cl)c2cccc(N)c21. The number of hydrogen-bond acceptors (Lipinski definition) is 2. The van der Waals surface area contributed by atoms with E-state index < -0.39 is 0 Å². The summed E-state index contributed by atoms with van der Waals surface area (Å²) in [5.74, 6) is 0.695. The highest BCUT2D eigenvalue weighted by atomic mass is 35.5. The maximum Gasteiger partial charge on any atom is 0.138 e. The molecule has 2 N–H and O–H groups in total. The fourth-order valence-electron chi connectivity index (χ4n) is 2.54. The summed E-state index contributed by atoms with van der Waals surface area (Å²) in [6.45, 7) is 3.44. The Morgan fingerprint density at radius 2 is 1.95 bits per heavy atom. The van der Waals surface area contributed by atoms with Gasteiger partial charge in [-0.25, -0.2) is 0 Å². The van der Waals surface area contributed by atoms with Gasteiger partial charge in [-0.2, -0.15) is 0 Å². The highest BCUT2D eigenvalue weighted by Crippen LogP contribution is 2.29. The fourth-order valence-corrected chi connectivity index (χ4v) is 2.74. The number of ether oxygens (including phenoxy) is 1. The molecule has 0 amide bonds. The number of hydrogen-bond donors (Lipinski definition) is 1. The minimum absolute atomic E-state index is 0.469. The summed E-state index contributed by atoms with van der Waals surface area (Å²) in [5, 5.41) is 1.75. The molecule has 2 aromatic carbocycles. The molecule has 4 heteroatoms. The topological polar surface area (TPSA) is 40.2 Å². The summed E-state index contributed by atoms with van der Waals surface area (Å²) in [6.07, 6.45) is 2.10. The van der Waals surface area contributed by atoms with Gasteiger partial charge in [0, 0.05) is 23.7 Å². The number of aromatic nitrogens is 1. The number of rotatable bonds is 4. The van der Waals surface area contributed by atoms with Gasteiger partial charge in [-0.15, -0.1) is 0 Å². The second kappa shape index (κ2) is 5.70. The molecule has 3 nitrogen and oxygen atoms in total. The lowest BCUT2D eigenvalue weighted by Crippen LogP contribution is -1.95. The first-order chi connectivity index (χ1) is 10.2. The highest BCUT2D eigenvalue weighted by molar-refractivity contribution is 6.32. The standard InChI is InChI=1S/C17H17ClN2O/c1-2-20-10-12(13-6-5-8-15(19)17(13)20)11-21-16-9-4-3-7-14(16)18/h3-10H,2,11,19H2,1H3. The van der Waals surface area contributed by atoms with Crippen LogP contribution in [0.2, 0.25) is 5.02 Å². The third-order valence-corrected chi connectivity index (χ3v) is 3.88. The summed E-state index contributed by atoms with van der Waals surface area (Å²) in [5.41, 5.74) is 9.06. The van der Waals surface area contributed by atoms with E-state index in [1.54, 1.807) is 0 Å². The Morgan fingerprint density at radius 1 is 1.14 bits per heavy atom. The maximum absolute atomic E-state index is 6.12. The molecule has 108 valence electrons. The van der Waals surface area contributed by atoms with Crippen LogP contribution in [-0.2, 0) is 13.2 Å². The molecular weight excluding hydrogens is 284 g/mol. The molecule has 0 spiro atoms. The van der Waals surface area contributed by atoms with Gasteiger partial charge in [-0.05, 0) is 25.1 Å². The van der Waals surface area contributed by atoms with Gasteiger partial charge in [-0.1, -0.05) is 35.9 Å². The molecule has 1 heterocycles. The number of nitrogens with two attached hydrogens (primary N) is 1. The smallest absolute Gasteiger partial charge is 0.138 e. The third-order valence-electron chi connectivity index (χ3n) is 3.57. The van der Waals surface area contributed by atoms with E-state index in [0.717, 1.165) is 28.7 Å². The molecule has 1 aromatic heterocycles. The van der Waals surface area contributed by atoms with E-state index in [1.807, 2.05) is 36.4 Å². The van der Waals surface area contributed by atoms with Crippen LogP contribution in [0.3, 0.4) is 0 Å². The van der Waals surface area contributed by atoms with Crippen molar-refractivity contribution in [3.05, 3.63) is 59.2 Å². The number of nitrogen functional groups attached to an aromatic ring is 1. The Morgan fingerprint density at radius 3 is 2.71 bits per heavy atom. The van der Waals surface area contributed by atoms with Gasteiger partial charge in [0.05, 0.1) is 16.2 Å². The lowest BCUT2D eigenvalue weighted by molar-refractivity contribution is 0.307. The van der Waals surface area contributed by atoms with Crippen molar-refractivity contribution in [3.63, 3.8) is 0 Å². The molecule has 0 unspecified atom stereocenters. The Hall–Kier alpha value is -2.13. The van der Waals surface area contributed by atoms with Crippen LogP contribution < -0.4 is 10.5 Å². The molecule has 3 aromatic rings. The van der Waals surface area contributed by atoms with E-state index in [9.17, 15) is 0 Å². The molecule has 0 saturated heterocycles. The normalized spacial score (nSPS) is 11.0. The molecule has 0 radical (unpaired) electrons. The minimum atomic E-state index is 0.469. The van der Waals surface area contributed by atoms with Crippen molar-refractivity contribution in [2.75, 3.05) is 5.73 Å². The van der Waals surface area contributed by atoms with E-state index >= 15 is 0 Å². The van der Waals surface area contributed by atoms with E-state index in [2.05, 4.69) is 23.8 Å². The van der Waals surface area contributed by atoms with Crippen molar-refractivity contribution in [1.82, 2.24) is 4.57 Å². The lowest BCUT2D eigenvalue weighted by Gasteiger charge is -2.07. The Labute approximate surface area is 128 Å². The second-order valence-corrected chi connectivity index (χ2v) is 5.31. The molecule has 0 saturated carbocycles. The largest absolute Gasteiger partial charge is 0.487 e. The van der Waals surface area contributed by atoms with Crippen LogP contribution in [0.15, 0.2) is 48.7 Å². The molecule has 0 fully saturated rings. The third kappa shape index (κ3) is 2.57. The van der Waals surface area contributed by atoms with Gasteiger partial charge in [0.15, 0.2) is 0 Å². The number of fused-ring (bicyclic) bond motifs is 1. The first kappa shape index (κ1) is 13.8. The van der Waals surface area contributed by atoms with Crippen molar-refractivity contribution in [3.8, 4) is 5.75 Å². The molecule has 0 aliphatic heterocycles. The zero-order valence-corrected chi connectivity index (χ0v) is 12.6. The average Bonchev–Trinajstić information content (AvgIpc) is 2.86. The molecular formula is C17H17ClN2O. The van der Waals surface area contributed by atoms with Crippen LogP contribution in [0, 0.1) is 0 Å². The van der Waals surface area contributed by atoms with Crippen molar-refractivity contribution in [1.29, 1.82) is 0 Å². The zero-order valence-electron chi connectivity index (χ0n) is 11.8. The molecule has 0 aliphatic carbocycles. The van der Waals surface area contributed by atoms with E-state index in [0.29, 0.717) is 17.4 Å². The maximum atomic E-state index is 6.12. The molecule has 0 aliphatic rings. The number of anilines is 1. The van der Waals surface area contributed by atoms with Gasteiger partial charge in [0.2, 0.25) is 0 Å². The van der Waals surface area contributed by atoms with Gasteiger partial charge in [0.1, 0.15) is 12.4 Å². The monoisotopic (exact) mass is 300 g/mol. The number of aryl methyl sites for hydroxylation is 1. The van der Waals surface area contributed by atoms with Crippen molar-refractivity contribution in [2.24, 2.45) is 0 Å².